The van der Waals surface area contributed by atoms with E-state index in [2.05, 4.69) is 25.2 Å². The predicted molar refractivity (Wildman–Crippen MR) is 233 cm³/mol. The second kappa shape index (κ2) is 19.2. The van der Waals surface area contributed by atoms with E-state index >= 15 is 4.39 Å². The van der Waals surface area contributed by atoms with Crippen LogP contribution in [0.25, 0.3) is 32.2 Å². The van der Waals surface area contributed by atoms with E-state index in [1.165, 1.54) is 45.2 Å². The molecule has 3 fully saturated rings. The number of halogens is 3. The maximum Gasteiger partial charge on any atom is 0.413 e. The Hall–Kier alpha value is -4.61. The Bertz CT molecular complexity index is 2230. The summed E-state index contributed by atoms with van der Waals surface area (Å²) in [6, 6.07) is 3.85. The monoisotopic (exact) mass is 887 g/mol. The highest BCUT2D eigenvalue weighted by Crippen LogP contribution is 2.44. The summed E-state index contributed by atoms with van der Waals surface area (Å²) in [6.07, 6.45) is 5.83. The summed E-state index contributed by atoms with van der Waals surface area (Å²) < 4.78 is 53.0. The number of fused-ring (bicyclic) bond motifs is 4. The molecule has 2 aromatic heterocycles. The van der Waals surface area contributed by atoms with Crippen LogP contribution in [0.5, 0.6) is 6.01 Å². The first-order valence-corrected chi connectivity index (χ1v) is 22.0. The molecule has 0 aliphatic carbocycles. The highest BCUT2D eigenvalue weighted by atomic mass is 35.5. The first-order valence-electron chi connectivity index (χ1n) is 20.8. The molecule has 7 rings (SSSR count). The molecule has 2 bridgehead atoms. The third-order valence-corrected chi connectivity index (χ3v) is 11.7. The minimum Gasteiger partial charge on any atom is -0.467 e. The second-order valence-electron chi connectivity index (χ2n) is 17.4. The number of unbranched alkanes of at least 4 members (excludes halogenated alkanes) is 1. The molecule has 5 heterocycles. The number of amides is 2. The van der Waals surface area contributed by atoms with E-state index < -0.39 is 28.9 Å². The zero-order chi connectivity index (χ0) is 44.2. The molecule has 4 aromatic rings. The van der Waals surface area contributed by atoms with E-state index in [4.69, 9.17) is 30.5 Å². The quantitative estimate of drug-likeness (QED) is 0.0919. The number of nitrogens with one attached hydrogen (secondary N) is 1. The summed E-state index contributed by atoms with van der Waals surface area (Å²) in [6.45, 7) is 17.5. The van der Waals surface area contributed by atoms with Gasteiger partial charge >= 0.3 is 24.2 Å². The molecule has 3 aliphatic heterocycles. The molecular weight excluding hydrogens is 832 g/mol. The van der Waals surface area contributed by atoms with Crippen LogP contribution >= 0.6 is 22.9 Å². The molecule has 14 nitrogen and oxygen atoms in total. The van der Waals surface area contributed by atoms with Crippen molar-refractivity contribution in [3.05, 3.63) is 34.9 Å². The van der Waals surface area contributed by atoms with Crippen LogP contribution in [-0.4, -0.2) is 113 Å². The maximum atomic E-state index is 16.7. The van der Waals surface area contributed by atoms with E-state index in [0.29, 0.717) is 37.3 Å². The summed E-state index contributed by atoms with van der Waals surface area (Å²) in [5, 5.41) is 2.98. The Kier molecular flexibility index (Phi) is 14.4. The molecule has 332 valence electrons. The third kappa shape index (κ3) is 11.3. The minimum absolute atomic E-state index is 0.0305. The molecular formula is C43H56ClF2N7O7S. The molecule has 0 spiro atoms. The van der Waals surface area contributed by atoms with Gasteiger partial charge in [0.15, 0.2) is 10.9 Å². The number of hydrogen-bond acceptors (Lipinski definition) is 13. The first-order chi connectivity index (χ1) is 28.8. The summed E-state index contributed by atoms with van der Waals surface area (Å²) in [4.78, 5) is 56.0. The van der Waals surface area contributed by atoms with Crippen LogP contribution < -0.4 is 15.0 Å². The van der Waals surface area contributed by atoms with Crippen LogP contribution in [0.1, 0.15) is 93.4 Å². The standard InChI is InChI=1S/C32H35ClF2N6O5S.C11H21NO2/c1-31(2,3)45-29(42)39-28-37-24-17(10-11-20(34)25(24)47-28)21-19(33)12-18-23(22(21)35)36-27(44-7)38-26(18)40-13-15-8-9-16(14-40)41(15)30(43)46-32(4,5)6;1-2-14-11(13)7-3-4-8-12-9-5-6-10-12/h10-12,15-16H,8-9,13-14H2,1-7H3,(H,37,39,42);2-10H2,1H3. The van der Waals surface area contributed by atoms with Crippen LogP contribution in [0.3, 0.4) is 0 Å². The van der Waals surface area contributed by atoms with Gasteiger partial charge in [-0.3, -0.25) is 15.0 Å². The lowest BCUT2D eigenvalue weighted by Gasteiger charge is -2.42. The fourth-order valence-electron chi connectivity index (χ4n) is 7.89. The molecule has 18 heteroatoms. The number of hydrogen-bond donors (Lipinski definition) is 1. The molecule has 61 heavy (non-hydrogen) atoms. The zero-order valence-electron chi connectivity index (χ0n) is 36.2. The summed E-state index contributed by atoms with van der Waals surface area (Å²) in [5.41, 5.74) is -1.15. The lowest BCUT2D eigenvalue weighted by Crippen LogP contribution is -2.57. The number of ether oxygens (including phenoxy) is 4. The zero-order valence-corrected chi connectivity index (χ0v) is 37.7. The van der Waals surface area contributed by atoms with Crippen molar-refractivity contribution in [3.63, 3.8) is 0 Å². The average Bonchev–Trinajstić information content (AvgIpc) is 3.91. The lowest BCUT2D eigenvalue weighted by atomic mass is 10.0. The fourth-order valence-corrected chi connectivity index (χ4v) is 9.07. The number of anilines is 2. The SMILES string of the molecule is CCOC(=O)CCCCN1CCCC1.COc1nc(N2CC3CCC(C2)N3C(=O)OC(C)(C)C)c2cc(Cl)c(-c3ccc(F)c4sc(NC(=O)OC(C)(C)C)nc34)c(F)c2n1. The summed E-state index contributed by atoms with van der Waals surface area (Å²) >= 11 is 7.69. The van der Waals surface area contributed by atoms with Gasteiger partial charge in [-0.05, 0) is 125 Å². The van der Waals surface area contributed by atoms with Crippen molar-refractivity contribution in [2.24, 2.45) is 0 Å². The minimum atomic E-state index is -0.771. The van der Waals surface area contributed by atoms with Crippen molar-refractivity contribution < 1.29 is 42.1 Å². The number of aromatic nitrogens is 3. The van der Waals surface area contributed by atoms with Gasteiger partial charge in [-0.2, -0.15) is 9.97 Å². The number of nitrogens with zero attached hydrogens (tertiary/aromatic N) is 6. The van der Waals surface area contributed by atoms with Crippen LogP contribution in [0.2, 0.25) is 5.02 Å². The van der Waals surface area contributed by atoms with Crippen molar-refractivity contribution in [3.8, 4) is 17.1 Å². The fraction of sp³-hybridized carbons (Fsp3) is 0.581. The number of likely N-dealkylation sites (tertiary alicyclic amines) is 1. The smallest absolute Gasteiger partial charge is 0.413 e. The molecule has 3 saturated heterocycles. The first kappa shape index (κ1) is 45.9. The van der Waals surface area contributed by atoms with Gasteiger partial charge < -0.3 is 28.7 Å². The number of thiazole rings is 1. The van der Waals surface area contributed by atoms with Gasteiger partial charge in [-0.1, -0.05) is 22.9 Å². The van der Waals surface area contributed by atoms with E-state index in [-0.39, 0.29) is 67.2 Å². The molecule has 2 atom stereocenters. The molecule has 0 saturated carbocycles. The van der Waals surface area contributed by atoms with Crippen molar-refractivity contribution in [1.29, 1.82) is 0 Å². The van der Waals surface area contributed by atoms with Gasteiger partial charge in [0.2, 0.25) is 0 Å². The Labute approximate surface area is 364 Å². The van der Waals surface area contributed by atoms with Gasteiger partial charge in [0.05, 0.1) is 41.0 Å². The topological polar surface area (TPSA) is 149 Å². The second-order valence-corrected chi connectivity index (χ2v) is 18.8. The van der Waals surface area contributed by atoms with Gasteiger partial charge in [0.25, 0.3) is 0 Å². The van der Waals surface area contributed by atoms with Gasteiger partial charge in [-0.25, -0.2) is 23.4 Å². The van der Waals surface area contributed by atoms with Crippen molar-refractivity contribution >= 4 is 73.2 Å². The Morgan fingerprint density at radius 3 is 2.23 bits per heavy atom. The number of carbonyl (C=O) groups excluding carboxylic acids is 3. The van der Waals surface area contributed by atoms with E-state index in [0.717, 1.165) is 43.6 Å². The predicted octanol–water partition coefficient (Wildman–Crippen LogP) is 9.60. The highest BCUT2D eigenvalue weighted by Gasteiger charge is 2.45. The van der Waals surface area contributed by atoms with Crippen molar-refractivity contribution in [1.82, 2.24) is 24.8 Å². The number of methoxy groups -OCH3 is 1. The molecule has 2 aromatic carbocycles. The molecule has 2 unspecified atom stereocenters. The van der Waals surface area contributed by atoms with Crippen molar-refractivity contribution in [2.75, 3.05) is 56.7 Å². The molecule has 3 aliphatic rings. The molecule has 1 N–H and O–H groups in total. The number of piperazine rings is 1. The highest BCUT2D eigenvalue weighted by molar-refractivity contribution is 7.22. The van der Waals surface area contributed by atoms with Crippen molar-refractivity contribution in [2.45, 2.75) is 117 Å². The van der Waals surface area contributed by atoms with Crippen LogP contribution in [0, 0.1) is 11.6 Å². The number of carbonyl (C=O) groups is 3. The van der Waals surface area contributed by atoms with Gasteiger partial charge in [-0.15, -0.1) is 0 Å². The Morgan fingerprint density at radius 1 is 0.934 bits per heavy atom. The normalized spacial score (nSPS) is 18.0. The molecule has 0 radical (unpaired) electrons. The number of rotatable bonds is 10. The third-order valence-electron chi connectivity index (χ3n) is 10.4. The lowest BCUT2D eigenvalue weighted by molar-refractivity contribution is -0.143. The Balaban J connectivity index is 0.000000378. The average molecular weight is 888 g/mol. The Morgan fingerprint density at radius 2 is 1.61 bits per heavy atom. The number of benzene rings is 2. The van der Waals surface area contributed by atoms with E-state index in [1.54, 1.807) is 31.7 Å². The number of esters is 1. The van der Waals surface area contributed by atoms with Gasteiger partial charge in [0, 0.05) is 36.0 Å². The largest absolute Gasteiger partial charge is 0.467 e. The summed E-state index contributed by atoms with van der Waals surface area (Å²) in [7, 11) is 1.39. The summed E-state index contributed by atoms with van der Waals surface area (Å²) in [5.74, 6) is -0.995. The maximum absolute atomic E-state index is 16.7. The van der Waals surface area contributed by atoms with Gasteiger partial charge in [0.1, 0.15) is 28.4 Å². The van der Waals surface area contributed by atoms with Crippen LogP contribution in [-0.2, 0) is 19.0 Å². The van der Waals surface area contributed by atoms with Crippen LogP contribution in [0.4, 0.5) is 29.3 Å². The van der Waals surface area contributed by atoms with E-state index in [9.17, 15) is 18.8 Å². The van der Waals surface area contributed by atoms with Crippen LogP contribution in [0.15, 0.2) is 18.2 Å². The molecule has 2 amide bonds. The van der Waals surface area contributed by atoms with E-state index in [1.807, 2.05) is 32.6 Å².